The van der Waals surface area contributed by atoms with E-state index >= 15 is 0 Å². The van der Waals surface area contributed by atoms with Gasteiger partial charge in [0.25, 0.3) is 0 Å². The molecule has 0 saturated heterocycles. The molecule has 0 bridgehead atoms. The van der Waals surface area contributed by atoms with E-state index in [0.717, 1.165) is 12.2 Å². The Hall–Kier alpha value is -0.980. The maximum atomic E-state index is 8.53. The molecule has 0 fully saturated rings. The molecule has 0 radical (unpaired) electrons. The van der Waals surface area contributed by atoms with E-state index in [0.29, 0.717) is 18.2 Å². The summed E-state index contributed by atoms with van der Waals surface area (Å²) in [5, 5.41) is 12.2. The molecule has 1 aromatic heterocycles. The van der Waals surface area contributed by atoms with E-state index in [1.54, 1.807) is 6.07 Å². The fourth-order valence-corrected chi connectivity index (χ4v) is 1.32. The Balaban J connectivity index is 2.36. The van der Waals surface area contributed by atoms with Crippen molar-refractivity contribution in [2.45, 2.75) is 32.4 Å². The van der Waals surface area contributed by atoms with Crippen LogP contribution in [0.4, 0.5) is 0 Å². The molecule has 0 aromatic carbocycles. The van der Waals surface area contributed by atoms with Gasteiger partial charge < -0.3 is 9.73 Å². The highest BCUT2D eigenvalue weighted by Gasteiger charge is 2.06. The molecule has 1 unspecified atom stereocenters. The van der Waals surface area contributed by atoms with Crippen LogP contribution < -0.4 is 5.32 Å². The topological polar surface area (TPSA) is 49.0 Å². The third kappa shape index (κ3) is 3.41. The first-order chi connectivity index (χ1) is 6.76. The summed E-state index contributed by atoms with van der Waals surface area (Å²) in [6.45, 7) is 2.66. The number of nitrogens with one attached hydrogen (secondary N) is 1. The number of nitriles is 1. The van der Waals surface area contributed by atoms with Gasteiger partial charge in [-0.3, -0.25) is 0 Å². The quantitative estimate of drug-likeness (QED) is 0.817. The summed E-state index contributed by atoms with van der Waals surface area (Å²) in [4.78, 5) is 0. The van der Waals surface area contributed by atoms with Crippen LogP contribution in [0.3, 0.4) is 0 Å². The maximum Gasteiger partial charge on any atom is 0.193 e. The molecule has 1 aromatic rings. The van der Waals surface area contributed by atoms with E-state index < -0.39 is 0 Å². The maximum absolute atomic E-state index is 8.53. The molecule has 76 valence electrons. The zero-order chi connectivity index (χ0) is 10.4. The second-order valence-corrected chi connectivity index (χ2v) is 3.43. The Kier molecular flexibility index (Phi) is 4.51. The second-order valence-electron chi connectivity index (χ2n) is 3.05. The predicted octanol–water partition coefficient (Wildman–Crippen LogP) is 2.71. The number of furan rings is 1. The van der Waals surface area contributed by atoms with Crippen LogP contribution in [0.1, 0.15) is 25.5 Å². The van der Waals surface area contributed by atoms with Crippen LogP contribution in [0, 0.1) is 11.3 Å². The Morgan fingerprint density at radius 1 is 1.64 bits per heavy atom. The van der Waals surface area contributed by atoms with E-state index in [-0.39, 0.29) is 6.04 Å². The summed E-state index contributed by atoms with van der Waals surface area (Å²) in [7, 11) is 0. The summed E-state index contributed by atoms with van der Waals surface area (Å²) in [6.07, 6.45) is 1.45. The second kappa shape index (κ2) is 5.69. The number of hydrogen-bond acceptors (Lipinski definition) is 3. The minimum absolute atomic E-state index is 0.226. The van der Waals surface area contributed by atoms with E-state index in [1.807, 2.05) is 13.0 Å². The first-order valence-electron chi connectivity index (χ1n) is 4.60. The molecule has 1 N–H and O–H groups in total. The van der Waals surface area contributed by atoms with Gasteiger partial charge in [-0.15, -0.1) is 0 Å². The van der Waals surface area contributed by atoms with Crippen molar-refractivity contribution in [3.05, 3.63) is 23.1 Å². The fraction of sp³-hybridized carbons (Fsp3) is 0.500. The lowest BCUT2D eigenvalue weighted by molar-refractivity contribution is 0.439. The van der Waals surface area contributed by atoms with Gasteiger partial charge in [0.2, 0.25) is 0 Å². The standard InChI is InChI=1S/C10H13ClN2O/c1-2-8(5-6-12)13-7-9-3-4-10(11)14-9/h3-4,8,13H,2,5,7H2,1H3. The molecule has 1 rings (SSSR count). The minimum Gasteiger partial charge on any atom is -0.448 e. The average molecular weight is 213 g/mol. The molecular weight excluding hydrogens is 200 g/mol. The molecule has 0 aliphatic carbocycles. The molecule has 3 nitrogen and oxygen atoms in total. The highest BCUT2D eigenvalue weighted by atomic mass is 35.5. The van der Waals surface area contributed by atoms with E-state index in [9.17, 15) is 0 Å². The summed E-state index contributed by atoms with van der Waals surface area (Å²) in [5.41, 5.74) is 0. The molecule has 0 aliphatic heterocycles. The van der Waals surface area contributed by atoms with E-state index in [2.05, 4.69) is 11.4 Å². The number of nitrogens with zero attached hydrogens (tertiary/aromatic N) is 1. The van der Waals surface area contributed by atoms with Crippen LogP contribution in [0.2, 0.25) is 5.22 Å². The van der Waals surface area contributed by atoms with Crippen molar-refractivity contribution in [2.24, 2.45) is 0 Å². The summed E-state index contributed by atoms with van der Waals surface area (Å²) in [5.74, 6) is 0.798. The number of hydrogen-bond donors (Lipinski definition) is 1. The highest BCUT2D eigenvalue weighted by molar-refractivity contribution is 6.28. The summed E-state index contributed by atoms with van der Waals surface area (Å²) < 4.78 is 5.18. The van der Waals surface area contributed by atoms with Gasteiger partial charge in [0.1, 0.15) is 5.76 Å². The van der Waals surface area contributed by atoms with Gasteiger partial charge in [-0.05, 0) is 30.2 Å². The Morgan fingerprint density at radius 3 is 2.93 bits per heavy atom. The third-order valence-corrected chi connectivity index (χ3v) is 2.23. The van der Waals surface area contributed by atoms with Crippen molar-refractivity contribution >= 4 is 11.6 Å². The van der Waals surface area contributed by atoms with Crippen LogP contribution in [0.5, 0.6) is 0 Å². The number of halogens is 1. The van der Waals surface area contributed by atoms with Crippen molar-refractivity contribution in [1.82, 2.24) is 5.32 Å². The summed E-state index contributed by atoms with van der Waals surface area (Å²) in [6, 6.07) is 5.91. The van der Waals surface area contributed by atoms with Crippen molar-refractivity contribution in [3.8, 4) is 6.07 Å². The van der Waals surface area contributed by atoms with Gasteiger partial charge in [0.05, 0.1) is 19.0 Å². The molecular formula is C10H13ClN2O. The van der Waals surface area contributed by atoms with Gasteiger partial charge in [-0.1, -0.05) is 6.92 Å². The van der Waals surface area contributed by atoms with Gasteiger partial charge in [-0.25, -0.2) is 0 Å². The van der Waals surface area contributed by atoms with E-state index in [4.69, 9.17) is 21.3 Å². The Labute approximate surface area is 88.7 Å². The zero-order valence-electron chi connectivity index (χ0n) is 8.09. The van der Waals surface area contributed by atoms with Gasteiger partial charge in [0, 0.05) is 6.04 Å². The van der Waals surface area contributed by atoms with Crippen LogP contribution in [0.25, 0.3) is 0 Å². The van der Waals surface area contributed by atoms with Crippen LogP contribution in [-0.2, 0) is 6.54 Å². The normalized spacial score (nSPS) is 12.4. The molecule has 14 heavy (non-hydrogen) atoms. The molecule has 0 amide bonds. The first-order valence-corrected chi connectivity index (χ1v) is 4.98. The molecule has 0 saturated carbocycles. The van der Waals surface area contributed by atoms with Crippen LogP contribution in [0.15, 0.2) is 16.5 Å². The van der Waals surface area contributed by atoms with E-state index in [1.165, 1.54) is 0 Å². The SMILES string of the molecule is CCC(CC#N)NCc1ccc(Cl)o1. The van der Waals surface area contributed by atoms with Crippen LogP contribution in [-0.4, -0.2) is 6.04 Å². The van der Waals surface area contributed by atoms with Gasteiger partial charge >= 0.3 is 0 Å². The Bertz CT molecular complexity index is 316. The molecule has 1 heterocycles. The number of rotatable bonds is 5. The molecule has 1 atom stereocenters. The molecule has 0 aliphatic rings. The minimum atomic E-state index is 0.226. The fourth-order valence-electron chi connectivity index (χ4n) is 1.16. The predicted molar refractivity (Wildman–Crippen MR) is 54.9 cm³/mol. The smallest absolute Gasteiger partial charge is 0.193 e. The van der Waals surface area contributed by atoms with Gasteiger partial charge in [0.15, 0.2) is 5.22 Å². The van der Waals surface area contributed by atoms with Crippen molar-refractivity contribution in [3.63, 3.8) is 0 Å². The summed E-state index contributed by atoms with van der Waals surface area (Å²) >= 11 is 5.62. The average Bonchev–Trinajstić information content (AvgIpc) is 2.59. The first kappa shape index (κ1) is 11.1. The lowest BCUT2D eigenvalue weighted by Gasteiger charge is -2.11. The molecule has 4 heteroatoms. The largest absolute Gasteiger partial charge is 0.448 e. The highest BCUT2D eigenvalue weighted by Crippen LogP contribution is 2.13. The van der Waals surface area contributed by atoms with Gasteiger partial charge in [-0.2, -0.15) is 5.26 Å². The third-order valence-electron chi connectivity index (χ3n) is 2.02. The molecule has 0 spiro atoms. The lowest BCUT2D eigenvalue weighted by atomic mass is 10.1. The Morgan fingerprint density at radius 2 is 2.43 bits per heavy atom. The monoisotopic (exact) mass is 212 g/mol. The lowest BCUT2D eigenvalue weighted by Crippen LogP contribution is -2.27. The zero-order valence-corrected chi connectivity index (χ0v) is 8.84. The van der Waals surface area contributed by atoms with Crippen molar-refractivity contribution in [2.75, 3.05) is 0 Å². The van der Waals surface area contributed by atoms with Crippen molar-refractivity contribution in [1.29, 1.82) is 5.26 Å². The van der Waals surface area contributed by atoms with Crippen LogP contribution >= 0.6 is 11.6 Å². The van der Waals surface area contributed by atoms with Crippen molar-refractivity contribution < 1.29 is 4.42 Å².